The van der Waals surface area contributed by atoms with E-state index in [9.17, 15) is 4.79 Å². The number of anilines is 1. The summed E-state index contributed by atoms with van der Waals surface area (Å²) in [5.41, 5.74) is 4.15. The zero-order valence-electron chi connectivity index (χ0n) is 18.3. The first-order valence-electron chi connectivity index (χ1n) is 10.8. The first-order chi connectivity index (χ1) is 14.5. The number of benzene rings is 1. The molecule has 4 rings (SSSR count). The number of carbonyl (C=O) groups is 1. The van der Waals surface area contributed by atoms with Gasteiger partial charge in [0.2, 0.25) is 11.6 Å². The van der Waals surface area contributed by atoms with Crippen LogP contribution in [0.2, 0.25) is 0 Å². The average molecular weight is 407 g/mol. The third-order valence-electron chi connectivity index (χ3n) is 6.11. The Balaban J connectivity index is 1.48. The summed E-state index contributed by atoms with van der Waals surface area (Å²) in [5.74, 6) is 2.51. The van der Waals surface area contributed by atoms with Gasteiger partial charge < -0.3 is 14.6 Å². The molecule has 2 aromatic heterocycles. The Morgan fingerprint density at radius 3 is 2.63 bits per heavy atom. The zero-order chi connectivity index (χ0) is 21.3. The highest BCUT2D eigenvalue weighted by atomic mass is 16.3. The van der Waals surface area contributed by atoms with Crippen molar-refractivity contribution in [1.82, 2.24) is 15.3 Å². The molecule has 1 saturated heterocycles. The molecule has 0 radical (unpaired) electrons. The van der Waals surface area contributed by atoms with Gasteiger partial charge in [-0.05, 0) is 51.2 Å². The van der Waals surface area contributed by atoms with Gasteiger partial charge in [0.05, 0.1) is 11.3 Å². The summed E-state index contributed by atoms with van der Waals surface area (Å²) < 4.78 is 5.83. The molecule has 0 spiro atoms. The van der Waals surface area contributed by atoms with Crippen molar-refractivity contribution in [3.63, 3.8) is 0 Å². The summed E-state index contributed by atoms with van der Waals surface area (Å²) in [6.07, 6.45) is 2.88. The minimum atomic E-state index is -0.0488. The van der Waals surface area contributed by atoms with E-state index in [4.69, 9.17) is 9.40 Å². The summed E-state index contributed by atoms with van der Waals surface area (Å²) in [7, 11) is 0. The minimum absolute atomic E-state index is 0.0488. The van der Waals surface area contributed by atoms with Gasteiger partial charge >= 0.3 is 0 Å². The molecule has 1 aliphatic heterocycles. The van der Waals surface area contributed by atoms with Crippen LogP contribution in [0.4, 0.5) is 5.82 Å². The minimum Gasteiger partial charge on any atom is -0.443 e. The van der Waals surface area contributed by atoms with Crippen molar-refractivity contribution < 1.29 is 9.21 Å². The van der Waals surface area contributed by atoms with Gasteiger partial charge in [-0.2, -0.15) is 4.98 Å². The van der Waals surface area contributed by atoms with E-state index in [1.165, 1.54) is 5.56 Å². The quantitative estimate of drug-likeness (QED) is 0.686. The van der Waals surface area contributed by atoms with Crippen molar-refractivity contribution >= 4 is 22.8 Å². The molecule has 1 N–H and O–H groups in total. The number of hydrogen-bond acceptors (Lipinski definition) is 5. The van der Waals surface area contributed by atoms with Crippen LogP contribution in [-0.4, -0.2) is 29.0 Å². The molecule has 1 fully saturated rings. The Morgan fingerprint density at radius 2 is 1.90 bits per heavy atom. The Kier molecular flexibility index (Phi) is 5.75. The molecule has 0 aliphatic carbocycles. The average Bonchev–Trinajstić information content (AvgIpc) is 3.05. The van der Waals surface area contributed by atoms with E-state index in [0.717, 1.165) is 53.9 Å². The van der Waals surface area contributed by atoms with E-state index in [1.54, 1.807) is 0 Å². The van der Waals surface area contributed by atoms with Crippen LogP contribution in [0, 0.1) is 26.7 Å². The summed E-state index contributed by atoms with van der Waals surface area (Å²) >= 11 is 0. The maximum absolute atomic E-state index is 12.9. The van der Waals surface area contributed by atoms with Gasteiger partial charge in [0.1, 0.15) is 17.4 Å². The lowest BCUT2D eigenvalue weighted by molar-refractivity contribution is -0.125. The van der Waals surface area contributed by atoms with Crippen molar-refractivity contribution in [3.05, 3.63) is 52.5 Å². The Labute approximate surface area is 177 Å². The van der Waals surface area contributed by atoms with Crippen LogP contribution in [0.25, 0.3) is 11.1 Å². The van der Waals surface area contributed by atoms with E-state index in [-0.39, 0.29) is 11.8 Å². The van der Waals surface area contributed by atoms with Crippen molar-refractivity contribution in [1.29, 1.82) is 0 Å². The largest absolute Gasteiger partial charge is 0.443 e. The van der Waals surface area contributed by atoms with E-state index in [2.05, 4.69) is 46.4 Å². The second-order valence-corrected chi connectivity index (χ2v) is 8.23. The van der Waals surface area contributed by atoms with E-state index >= 15 is 0 Å². The summed E-state index contributed by atoms with van der Waals surface area (Å²) in [6, 6.07) is 8.44. The highest BCUT2D eigenvalue weighted by Gasteiger charge is 2.29. The topological polar surface area (TPSA) is 71.3 Å². The zero-order valence-corrected chi connectivity index (χ0v) is 18.3. The molecule has 0 bridgehead atoms. The first kappa shape index (κ1) is 20.4. The highest BCUT2D eigenvalue weighted by Crippen LogP contribution is 2.33. The van der Waals surface area contributed by atoms with Crippen molar-refractivity contribution in [2.45, 2.75) is 53.5 Å². The number of furan rings is 1. The number of piperidine rings is 1. The van der Waals surface area contributed by atoms with Crippen molar-refractivity contribution in [2.24, 2.45) is 5.92 Å². The van der Waals surface area contributed by atoms with Crippen LogP contribution in [-0.2, 0) is 17.8 Å². The third kappa shape index (κ3) is 4.04. The maximum atomic E-state index is 12.9. The van der Waals surface area contributed by atoms with Gasteiger partial charge in [-0.3, -0.25) is 4.79 Å². The monoisotopic (exact) mass is 406 g/mol. The van der Waals surface area contributed by atoms with Gasteiger partial charge in [0.15, 0.2) is 0 Å². The van der Waals surface area contributed by atoms with Crippen LogP contribution in [0.1, 0.15) is 48.0 Å². The van der Waals surface area contributed by atoms with Crippen LogP contribution < -0.4 is 10.2 Å². The van der Waals surface area contributed by atoms with Gasteiger partial charge in [-0.1, -0.05) is 31.2 Å². The summed E-state index contributed by atoms with van der Waals surface area (Å²) in [4.78, 5) is 24.3. The lowest BCUT2D eigenvalue weighted by Crippen LogP contribution is -2.43. The normalized spacial score (nSPS) is 16.8. The molecule has 6 heteroatoms. The van der Waals surface area contributed by atoms with Gasteiger partial charge in [0.25, 0.3) is 0 Å². The fraction of sp³-hybridized carbons (Fsp3) is 0.458. The Bertz CT molecular complexity index is 1060. The number of nitrogens with zero attached hydrogens (tertiary/aromatic N) is 3. The molecule has 3 heterocycles. The number of fused-ring (bicyclic) bond motifs is 1. The van der Waals surface area contributed by atoms with Crippen molar-refractivity contribution in [2.75, 3.05) is 18.0 Å². The number of carbonyl (C=O) groups excluding carboxylic acids is 1. The van der Waals surface area contributed by atoms with E-state index < -0.39 is 0 Å². The molecule has 0 saturated carbocycles. The maximum Gasteiger partial charge on any atom is 0.231 e. The lowest BCUT2D eigenvalue weighted by Gasteiger charge is -2.33. The van der Waals surface area contributed by atoms with E-state index in [1.807, 2.05) is 20.8 Å². The second-order valence-electron chi connectivity index (χ2n) is 8.23. The second kappa shape index (κ2) is 8.46. The van der Waals surface area contributed by atoms with Crippen LogP contribution >= 0.6 is 0 Å². The van der Waals surface area contributed by atoms with Gasteiger partial charge in [0, 0.05) is 25.2 Å². The van der Waals surface area contributed by atoms with Gasteiger partial charge in [-0.25, -0.2) is 4.98 Å². The molecule has 1 amide bonds. The Hall–Kier alpha value is -2.89. The SMILES string of the molecule is CCc1ccc(CNC(=O)[C@@H]2CCCN(c3nc(C)nc4oc(C)c(C)c34)C2)cc1. The fourth-order valence-electron chi connectivity index (χ4n) is 4.17. The fourth-order valence-corrected chi connectivity index (χ4v) is 4.17. The molecular weight excluding hydrogens is 376 g/mol. The standard InChI is InChI=1S/C24H30N4O2/c1-5-18-8-10-19(11-9-18)13-25-23(29)20-7-6-12-28(14-20)22-21-15(2)16(3)30-24(21)27-17(4)26-22/h8-11,20H,5-7,12-14H2,1-4H3,(H,25,29)/t20-/m1/s1. The van der Waals surface area contributed by atoms with Crippen molar-refractivity contribution in [3.8, 4) is 0 Å². The molecule has 158 valence electrons. The molecule has 3 aromatic rings. The predicted octanol–water partition coefficient (Wildman–Crippen LogP) is 4.24. The predicted molar refractivity (Wildman–Crippen MR) is 119 cm³/mol. The summed E-state index contributed by atoms with van der Waals surface area (Å²) in [6.45, 7) is 10.1. The number of nitrogens with one attached hydrogen (secondary N) is 1. The number of aryl methyl sites for hydroxylation is 4. The number of hydrogen-bond donors (Lipinski definition) is 1. The van der Waals surface area contributed by atoms with Crippen LogP contribution in [0.15, 0.2) is 28.7 Å². The third-order valence-corrected chi connectivity index (χ3v) is 6.11. The summed E-state index contributed by atoms with van der Waals surface area (Å²) in [5, 5.41) is 4.09. The molecule has 6 nitrogen and oxygen atoms in total. The molecular formula is C24H30N4O2. The first-order valence-corrected chi connectivity index (χ1v) is 10.8. The molecule has 1 aliphatic rings. The number of rotatable bonds is 5. The molecule has 1 aromatic carbocycles. The molecule has 1 atom stereocenters. The van der Waals surface area contributed by atoms with Gasteiger partial charge in [-0.15, -0.1) is 0 Å². The number of aromatic nitrogens is 2. The van der Waals surface area contributed by atoms with E-state index in [0.29, 0.717) is 24.6 Å². The smallest absolute Gasteiger partial charge is 0.231 e. The van der Waals surface area contributed by atoms with Crippen LogP contribution in [0.3, 0.4) is 0 Å². The Morgan fingerprint density at radius 1 is 1.17 bits per heavy atom. The molecule has 0 unspecified atom stereocenters. The van der Waals surface area contributed by atoms with Crippen LogP contribution in [0.5, 0.6) is 0 Å². The lowest BCUT2D eigenvalue weighted by atomic mass is 9.96. The number of amides is 1. The molecule has 30 heavy (non-hydrogen) atoms. The highest BCUT2D eigenvalue weighted by molar-refractivity contribution is 5.90.